The summed E-state index contributed by atoms with van der Waals surface area (Å²) in [4.78, 5) is 8.09. The van der Waals surface area contributed by atoms with Crippen LogP contribution in [0.25, 0.3) is 44.6 Å². The van der Waals surface area contributed by atoms with Gasteiger partial charge in [0.15, 0.2) is 5.82 Å². The zero-order valence-corrected chi connectivity index (χ0v) is 12.9. The van der Waals surface area contributed by atoms with Crippen LogP contribution in [0.5, 0.6) is 0 Å². The highest BCUT2D eigenvalue weighted by molar-refractivity contribution is 7.08. The summed E-state index contributed by atoms with van der Waals surface area (Å²) in [5.41, 5.74) is 6.27. The quantitative estimate of drug-likeness (QED) is 0.490. The van der Waals surface area contributed by atoms with E-state index in [-0.39, 0.29) is 0 Å². The van der Waals surface area contributed by atoms with Crippen molar-refractivity contribution in [2.75, 3.05) is 0 Å². The predicted molar refractivity (Wildman–Crippen MR) is 94.5 cm³/mol. The smallest absolute Gasteiger partial charge is 0.159 e. The zero-order chi connectivity index (χ0) is 15.2. The fraction of sp³-hybridized carbons (Fsp3) is 0. The molecule has 5 rings (SSSR count). The van der Waals surface area contributed by atoms with Gasteiger partial charge in [-0.2, -0.15) is 16.4 Å². The first-order valence-electron chi connectivity index (χ1n) is 7.34. The van der Waals surface area contributed by atoms with Crippen molar-refractivity contribution in [2.45, 2.75) is 0 Å². The molecule has 3 aromatic heterocycles. The highest BCUT2D eigenvalue weighted by Gasteiger charge is 2.12. The molecule has 0 unspecified atom stereocenters. The highest BCUT2D eigenvalue weighted by atomic mass is 32.1. The number of rotatable bonds is 2. The van der Waals surface area contributed by atoms with E-state index >= 15 is 0 Å². The number of benzene rings is 2. The molecule has 0 aliphatic rings. The minimum absolute atomic E-state index is 0.792. The molecule has 0 saturated carbocycles. The summed E-state index contributed by atoms with van der Waals surface area (Å²) in [5.74, 6) is 0.792. The van der Waals surface area contributed by atoms with Gasteiger partial charge in [0.1, 0.15) is 5.69 Å². The van der Waals surface area contributed by atoms with Crippen molar-refractivity contribution in [1.82, 2.24) is 20.2 Å². The van der Waals surface area contributed by atoms with Crippen LogP contribution in [-0.2, 0) is 0 Å². The SMILES string of the molecule is c1ccc2c(-c3nc4ccc(-c5ccsc5)cc4[nH]3)n[nH]c2c1. The lowest BCUT2D eigenvalue weighted by Crippen LogP contribution is -1.80. The third-order valence-electron chi connectivity index (χ3n) is 4.03. The van der Waals surface area contributed by atoms with Crippen molar-refractivity contribution in [3.05, 3.63) is 59.3 Å². The van der Waals surface area contributed by atoms with Gasteiger partial charge in [-0.25, -0.2) is 4.98 Å². The fourth-order valence-electron chi connectivity index (χ4n) is 2.87. The second kappa shape index (κ2) is 4.79. The molecule has 23 heavy (non-hydrogen) atoms. The Labute approximate surface area is 135 Å². The Hall–Kier alpha value is -2.92. The Morgan fingerprint density at radius 1 is 0.913 bits per heavy atom. The Morgan fingerprint density at radius 3 is 2.78 bits per heavy atom. The lowest BCUT2D eigenvalue weighted by atomic mass is 10.1. The van der Waals surface area contributed by atoms with Gasteiger partial charge in [-0.3, -0.25) is 5.10 Å². The van der Waals surface area contributed by atoms with Crippen LogP contribution in [0.3, 0.4) is 0 Å². The van der Waals surface area contributed by atoms with E-state index < -0.39 is 0 Å². The standard InChI is InChI=1S/C18H12N4S/c1-2-4-14-13(3-1)17(22-21-14)18-19-15-6-5-11(9-16(15)20-18)12-7-8-23-10-12/h1-10H,(H,19,20)(H,21,22). The summed E-state index contributed by atoms with van der Waals surface area (Å²) in [6, 6.07) is 16.5. The van der Waals surface area contributed by atoms with Crippen molar-refractivity contribution in [2.24, 2.45) is 0 Å². The molecule has 0 amide bonds. The minimum Gasteiger partial charge on any atom is -0.337 e. The molecule has 5 heteroatoms. The first kappa shape index (κ1) is 12.6. The van der Waals surface area contributed by atoms with Gasteiger partial charge in [0, 0.05) is 5.39 Å². The summed E-state index contributed by atoms with van der Waals surface area (Å²) in [7, 11) is 0. The molecule has 0 spiro atoms. The van der Waals surface area contributed by atoms with Crippen LogP contribution in [0.4, 0.5) is 0 Å². The molecule has 2 N–H and O–H groups in total. The second-order valence-electron chi connectivity index (χ2n) is 5.45. The monoisotopic (exact) mass is 316 g/mol. The third kappa shape index (κ3) is 1.98. The van der Waals surface area contributed by atoms with E-state index in [9.17, 15) is 0 Å². The molecule has 0 saturated heterocycles. The van der Waals surface area contributed by atoms with Crippen molar-refractivity contribution < 1.29 is 0 Å². The number of para-hydroxylation sites is 1. The van der Waals surface area contributed by atoms with Gasteiger partial charge in [-0.15, -0.1) is 0 Å². The van der Waals surface area contributed by atoms with Crippen LogP contribution >= 0.6 is 11.3 Å². The fourth-order valence-corrected chi connectivity index (χ4v) is 3.54. The van der Waals surface area contributed by atoms with Crippen molar-refractivity contribution in [1.29, 1.82) is 0 Å². The first-order chi connectivity index (χ1) is 11.4. The molecule has 4 nitrogen and oxygen atoms in total. The van der Waals surface area contributed by atoms with E-state index in [1.165, 1.54) is 11.1 Å². The van der Waals surface area contributed by atoms with Crippen LogP contribution in [0.15, 0.2) is 59.3 Å². The summed E-state index contributed by atoms with van der Waals surface area (Å²) >= 11 is 1.70. The van der Waals surface area contributed by atoms with Crippen LogP contribution in [0.1, 0.15) is 0 Å². The molecule has 0 aliphatic carbocycles. The Balaban J connectivity index is 1.68. The normalized spacial score (nSPS) is 11.5. The molecule has 0 atom stereocenters. The Bertz CT molecular complexity index is 1120. The number of fused-ring (bicyclic) bond motifs is 2. The summed E-state index contributed by atoms with van der Waals surface area (Å²) in [6.45, 7) is 0. The maximum absolute atomic E-state index is 4.69. The molecule has 110 valence electrons. The van der Waals surface area contributed by atoms with Crippen molar-refractivity contribution in [3.63, 3.8) is 0 Å². The Morgan fingerprint density at radius 2 is 1.87 bits per heavy atom. The molecule has 0 aliphatic heterocycles. The largest absolute Gasteiger partial charge is 0.337 e. The molecule has 5 aromatic rings. The van der Waals surface area contributed by atoms with Crippen LogP contribution in [0.2, 0.25) is 0 Å². The number of hydrogen-bond acceptors (Lipinski definition) is 3. The number of nitrogens with one attached hydrogen (secondary N) is 2. The molecular weight excluding hydrogens is 304 g/mol. The lowest BCUT2D eigenvalue weighted by molar-refractivity contribution is 1.11. The number of H-pyrrole nitrogens is 2. The van der Waals surface area contributed by atoms with E-state index in [0.717, 1.165) is 33.5 Å². The number of aromatic amines is 2. The third-order valence-corrected chi connectivity index (χ3v) is 4.71. The maximum atomic E-state index is 4.69. The molecule has 3 heterocycles. The predicted octanol–water partition coefficient (Wildman–Crippen LogP) is 4.83. The van der Waals surface area contributed by atoms with Crippen molar-refractivity contribution in [3.8, 4) is 22.6 Å². The number of thiophene rings is 1. The van der Waals surface area contributed by atoms with Gasteiger partial charge in [0.05, 0.1) is 16.6 Å². The Kier molecular flexibility index (Phi) is 2.63. The number of nitrogens with zero attached hydrogens (tertiary/aromatic N) is 2. The molecule has 0 radical (unpaired) electrons. The van der Waals surface area contributed by atoms with Gasteiger partial charge >= 0.3 is 0 Å². The van der Waals surface area contributed by atoms with Gasteiger partial charge in [0.2, 0.25) is 0 Å². The lowest BCUT2D eigenvalue weighted by Gasteiger charge is -1.96. The average molecular weight is 316 g/mol. The van der Waals surface area contributed by atoms with E-state index in [4.69, 9.17) is 4.98 Å². The van der Waals surface area contributed by atoms with Crippen molar-refractivity contribution >= 4 is 33.3 Å². The summed E-state index contributed by atoms with van der Waals surface area (Å²) < 4.78 is 0. The molecule has 0 bridgehead atoms. The van der Waals surface area contributed by atoms with E-state index in [1.807, 2.05) is 18.2 Å². The van der Waals surface area contributed by atoms with Gasteiger partial charge in [-0.05, 0) is 46.2 Å². The van der Waals surface area contributed by atoms with Crippen LogP contribution in [0, 0.1) is 0 Å². The number of imidazole rings is 1. The average Bonchev–Trinajstić information content (AvgIpc) is 3.32. The second-order valence-corrected chi connectivity index (χ2v) is 6.23. The molecule has 2 aromatic carbocycles. The molecule has 0 fully saturated rings. The number of hydrogen-bond donors (Lipinski definition) is 2. The minimum atomic E-state index is 0.792. The zero-order valence-electron chi connectivity index (χ0n) is 12.1. The van der Waals surface area contributed by atoms with Crippen LogP contribution in [-0.4, -0.2) is 20.2 Å². The van der Waals surface area contributed by atoms with E-state index in [2.05, 4.69) is 56.3 Å². The summed E-state index contributed by atoms with van der Waals surface area (Å²) in [6.07, 6.45) is 0. The number of aromatic nitrogens is 4. The van der Waals surface area contributed by atoms with Gasteiger partial charge in [0.25, 0.3) is 0 Å². The maximum Gasteiger partial charge on any atom is 0.159 e. The highest BCUT2D eigenvalue weighted by Crippen LogP contribution is 2.29. The molecular formula is C18H12N4S. The van der Waals surface area contributed by atoms with E-state index in [1.54, 1.807) is 11.3 Å². The first-order valence-corrected chi connectivity index (χ1v) is 8.28. The van der Waals surface area contributed by atoms with Gasteiger partial charge < -0.3 is 4.98 Å². The topological polar surface area (TPSA) is 57.4 Å². The van der Waals surface area contributed by atoms with Gasteiger partial charge in [-0.1, -0.05) is 24.3 Å². The summed E-state index contributed by atoms with van der Waals surface area (Å²) in [5, 5.41) is 12.8. The van der Waals surface area contributed by atoms with E-state index in [0.29, 0.717) is 0 Å². The van der Waals surface area contributed by atoms with Crippen LogP contribution < -0.4 is 0 Å².